The van der Waals surface area contributed by atoms with E-state index in [0.29, 0.717) is 10.5 Å². The van der Waals surface area contributed by atoms with Crippen molar-refractivity contribution in [2.24, 2.45) is 0 Å². The Labute approximate surface area is 68.2 Å². The van der Waals surface area contributed by atoms with Gasteiger partial charge in [-0.25, -0.2) is 0 Å². The van der Waals surface area contributed by atoms with E-state index in [-0.39, 0.29) is 6.10 Å². The van der Waals surface area contributed by atoms with Crippen LogP contribution in [0.3, 0.4) is 0 Å². The summed E-state index contributed by atoms with van der Waals surface area (Å²) in [6, 6.07) is 0.366. The van der Waals surface area contributed by atoms with Gasteiger partial charge < -0.3 is 4.74 Å². The van der Waals surface area contributed by atoms with Gasteiger partial charge in [0.2, 0.25) is 4.47 Å². The Morgan fingerprint density at radius 1 is 1.60 bits per heavy atom. The summed E-state index contributed by atoms with van der Waals surface area (Å²) < 4.78 is 9.38. The molecule has 1 aromatic rings. The molecule has 0 spiro atoms. The molecule has 0 N–H and O–H groups in total. The van der Waals surface area contributed by atoms with Crippen molar-refractivity contribution in [3.63, 3.8) is 0 Å². The Morgan fingerprint density at radius 3 is 2.70 bits per heavy atom. The number of hydrogen-bond donors (Lipinski definition) is 0. The maximum Gasteiger partial charge on any atom is 0.329 e. The highest BCUT2D eigenvalue weighted by atomic mass is 35.5. The molecule has 0 saturated carbocycles. The van der Waals surface area contributed by atoms with Gasteiger partial charge in [0, 0.05) is 11.5 Å². The number of aromatic nitrogens is 2. The van der Waals surface area contributed by atoms with Crippen LogP contribution in [0.25, 0.3) is 0 Å². The Hall–Kier alpha value is -0.350. The molecule has 1 heterocycles. The van der Waals surface area contributed by atoms with E-state index in [1.54, 1.807) is 0 Å². The molecule has 1 aromatic heterocycles. The summed E-state index contributed by atoms with van der Waals surface area (Å²) in [6.07, 6.45) is 0.102. The molecular formula is C5H7ClN2OS. The molecule has 0 fully saturated rings. The lowest BCUT2D eigenvalue weighted by Crippen LogP contribution is -2.06. The van der Waals surface area contributed by atoms with Crippen LogP contribution in [0.2, 0.25) is 4.47 Å². The van der Waals surface area contributed by atoms with Gasteiger partial charge in [-0.1, -0.05) is 0 Å². The van der Waals surface area contributed by atoms with Crippen LogP contribution >= 0.6 is 23.1 Å². The van der Waals surface area contributed by atoms with E-state index < -0.39 is 0 Å². The van der Waals surface area contributed by atoms with Crippen LogP contribution in [-0.2, 0) is 0 Å². The first kappa shape index (κ1) is 7.75. The molecule has 1 rings (SSSR count). The fourth-order valence-electron chi connectivity index (χ4n) is 0.451. The van der Waals surface area contributed by atoms with Crippen molar-refractivity contribution in [1.82, 2.24) is 9.36 Å². The third-order valence-electron chi connectivity index (χ3n) is 0.724. The minimum absolute atomic E-state index is 0.102. The van der Waals surface area contributed by atoms with E-state index in [4.69, 9.17) is 16.3 Å². The van der Waals surface area contributed by atoms with Gasteiger partial charge in [-0.05, 0) is 25.4 Å². The molecule has 0 aliphatic rings. The largest absolute Gasteiger partial charge is 0.460 e. The molecule has 0 bridgehead atoms. The van der Waals surface area contributed by atoms with Crippen LogP contribution in [0, 0.1) is 0 Å². The van der Waals surface area contributed by atoms with Crippen LogP contribution in [0.5, 0.6) is 6.01 Å². The summed E-state index contributed by atoms with van der Waals surface area (Å²) in [7, 11) is 0. The fourth-order valence-corrected chi connectivity index (χ4v) is 0.983. The van der Waals surface area contributed by atoms with Crippen molar-refractivity contribution in [2.45, 2.75) is 20.0 Å². The van der Waals surface area contributed by atoms with E-state index in [9.17, 15) is 0 Å². The molecule has 0 aliphatic carbocycles. The average Bonchev–Trinajstić information content (AvgIpc) is 2.13. The molecule has 3 nitrogen and oxygen atoms in total. The standard InChI is InChI=1S/C5H7ClN2OS/c1-3(2)9-5-7-4(6)10-8-5/h3H,1-2H3. The topological polar surface area (TPSA) is 35.0 Å². The maximum atomic E-state index is 5.51. The predicted molar refractivity (Wildman–Crippen MR) is 40.7 cm³/mol. The van der Waals surface area contributed by atoms with Gasteiger partial charge in [-0.3, -0.25) is 0 Å². The van der Waals surface area contributed by atoms with Crippen LogP contribution < -0.4 is 4.74 Å². The second-order valence-electron chi connectivity index (χ2n) is 2.00. The van der Waals surface area contributed by atoms with E-state index in [2.05, 4.69) is 9.36 Å². The summed E-state index contributed by atoms with van der Waals surface area (Å²) in [5, 5.41) is 0. The summed E-state index contributed by atoms with van der Waals surface area (Å²) in [6.45, 7) is 3.82. The maximum absolute atomic E-state index is 5.51. The Kier molecular flexibility index (Phi) is 2.45. The molecule has 0 saturated heterocycles. The Morgan fingerprint density at radius 2 is 2.30 bits per heavy atom. The summed E-state index contributed by atoms with van der Waals surface area (Å²) >= 11 is 6.63. The van der Waals surface area contributed by atoms with Crippen molar-refractivity contribution in [3.8, 4) is 6.01 Å². The Balaban J connectivity index is 2.58. The molecule has 0 aromatic carbocycles. The van der Waals surface area contributed by atoms with E-state index in [1.165, 1.54) is 0 Å². The van der Waals surface area contributed by atoms with Crippen molar-refractivity contribution >= 4 is 23.1 Å². The third kappa shape index (κ3) is 2.11. The number of ether oxygens (including phenoxy) is 1. The van der Waals surface area contributed by atoms with E-state index in [1.807, 2.05) is 13.8 Å². The second kappa shape index (κ2) is 3.16. The lowest BCUT2D eigenvalue weighted by Gasteiger charge is -2.02. The van der Waals surface area contributed by atoms with Crippen molar-refractivity contribution < 1.29 is 4.74 Å². The molecule has 0 atom stereocenters. The van der Waals surface area contributed by atoms with E-state index in [0.717, 1.165) is 11.5 Å². The van der Waals surface area contributed by atoms with Gasteiger partial charge in [-0.15, -0.1) is 4.37 Å². The van der Waals surface area contributed by atoms with Crippen molar-refractivity contribution in [1.29, 1.82) is 0 Å². The normalized spacial score (nSPS) is 10.4. The first-order valence-corrected chi connectivity index (χ1v) is 3.99. The average molecular weight is 179 g/mol. The first-order valence-electron chi connectivity index (χ1n) is 2.84. The number of nitrogens with zero attached hydrogens (tertiary/aromatic N) is 2. The highest BCUT2D eigenvalue weighted by Crippen LogP contribution is 2.16. The molecule has 5 heteroatoms. The zero-order chi connectivity index (χ0) is 7.56. The smallest absolute Gasteiger partial charge is 0.329 e. The quantitative estimate of drug-likeness (QED) is 0.695. The molecular weight excluding hydrogens is 172 g/mol. The highest BCUT2D eigenvalue weighted by Gasteiger charge is 2.03. The second-order valence-corrected chi connectivity index (χ2v) is 3.33. The highest BCUT2D eigenvalue weighted by molar-refractivity contribution is 7.10. The van der Waals surface area contributed by atoms with Crippen LogP contribution in [0.1, 0.15) is 13.8 Å². The SMILES string of the molecule is CC(C)Oc1nsc(Cl)n1. The number of halogens is 1. The van der Waals surface area contributed by atoms with Gasteiger partial charge >= 0.3 is 6.01 Å². The fraction of sp³-hybridized carbons (Fsp3) is 0.600. The van der Waals surface area contributed by atoms with Crippen LogP contribution in [0.15, 0.2) is 0 Å². The number of rotatable bonds is 2. The first-order chi connectivity index (χ1) is 4.68. The third-order valence-corrected chi connectivity index (χ3v) is 1.50. The van der Waals surface area contributed by atoms with Gasteiger partial charge in [0.1, 0.15) is 0 Å². The Bertz CT molecular complexity index is 213. The molecule has 56 valence electrons. The lowest BCUT2D eigenvalue weighted by molar-refractivity contribution is 0.225. The minimum Gasteiger partial charge on any atom is -0.460 e. The van der Waals surface area contributed by atoms with E-state index >= 15 is 0 Å². The van der Waals surface area contributed by atoms with Crippen molar-refractivity contribution in [2.75, 3.05) is 0 Å². The summed E-state index contributed by atoms with van der Waals surface area (Å²) in [5.74, 6) is 0. The zero-order valence-corrected chi connectivity index (χ0v) is 7.24. The van der Waals surface area contributed by atoms with Crippen molar-refractivity contribution in [3.05, 3.63) is 4.47 Å². The summed E-state index contributed by atoms with van der Waals surface area (Å²) in [4.78, 5) is 3.80. The molecule has 0 radical (unpaired) electrons. The van der Waals surface area contributed by atoms with Gasteiger partial charge in [0.25, 0.3) is 0 Å². The minimum atomic E-state index is 0.102. The van der Waals surface area contributed by atoms with Gasteiger partial charge in [0.05, 0.1) is 6.10 Å². The van der Waals surface area contributed by atoms with Gasteiger partial charge in [-0.2, -0.15) is 4.98 Å². The number of hydrogen-bond acceptors (Lipinski definition) is 4. The summed E-state index contributed by atoms with van der Waals surface area (Å²) in [5.41, 5.74) is 0. The lowest BCUT2D eigenvalue weighted by atomic mass is 10.5. The molecule has 0 unspecified atom stereocenters. The molecule has 10 heavy (non-hydrogen) atoms. The molecule has 0 amide bonds. The molecule has 0 aliphatic heterocycles. The monoisotopic (exact) mass is 178 g/mol. The van der Waals surface area contributed by atoms with Crippen LogP contribution in [0.4, 0.5) is 0 Å². The zero-order valence-electron chi connectivity index (χ0n) is 5.67. The van der Waals surface area contributed by atoms with Gasteiger partial charge in [0.15, 0.2) is 0 Å². The van der Waals surface area contributed by atoms with Crippen LogP contribution in [-0.4, -0.2) is 15.5 Å². The predicted octanol–water partition coefficient (Wildman–Crippen LogP) is 1.98.